The monoisotopic (exact) mass is 284 g/mol. The standard InChI is InChI=1S/C16H13ClN2O/c1-11-15(10-17)19-16(20-11)14-4-2-12(3-5-14)13-6-8-18-9-7-13/h2-9H,10H2,1H3. The molecule has 3 nitrogen and oxygen atoms in total. The Labute approximate surface area is 122 Å². The minimum Gasteiger partial charge on any atom is -0.441 e. The summed E-state index contributed by atoms with van der Waals surface area (Å²) < 4.78 is 5.63. The van der Waals surface area contributed by atoms with E-state index in [1.807, 2.05) is 43.3 Å². The zero-order valence-electron chi connectivity index (χ0n) is 11.0. The molecule has 3 aromatic rings. The van der Waals surface area contributed by atoms with E-state index in [1.54, 1.807) is 12.4 Å². The molecule has 0 aliphatic heterocycles. The van der Waals surface area contributed by atoms with Gasteiger partial charge < -0.3 is 4.42 Å². The molecular formula is C16H13ClN2O. The van der Waals surface area contributed by atoms with Gasteiger partial charge in [-0.1, -0.05) is 12.1 Å². The number of hydrogen-bond donors (Lipinski definition) is 0. The molecule has 0 saturated carbocycles. The predicted molar refractivity (Wildman–Crippen MR) is 79.5 cm³/mol. The minimum absolute atomic E-state index is 0.366. The SMILES string of the molecule is Cc1oc(-c2ccc(-c3ccncc3)cc2)nc1CCl. The highest BCUT2D eigenvalue weighted by molar-refractivity contribution is 6.17. The molecule has 0 fully saturated rings. The number of aryl methyl sites for hydroxylation is 1. The predicted octanol–water partition coefficient (Wildman–Crippen LogP) is 4.45. The van der Waals surface area contributed by atoms with Gasteiger partial charge in [0.25, 0.3) is 0 Å². The molecule has 0 aliphatic rings. The molecule has 0 spiro atoms. The third-order valence-corrected chi connectivity index (χ3v) is 3.42. The van der Waals surface area contributed by atoms with Crippen molar-refractivity contribution in [3.05, 3.63) is 60.2 Å². The van der Waals surface area contributed by atoms with Crippen molar-refractivity contribution in [2.45, 2.75) is 12.8 Å². The fraction of sp³-hybridized carbons (Fsp3) is 0.125. The summed E-state index contributed by atoms with van der Waals surface area (Å²) in [4.78, 5) is 8.41. The lowest BCUT2D eigenvalue weighted by Crippen LogP contribution is -1.82. The van der Waals surface area contributed by atoms with Crippen LogP contribution in [0.3, 0.4) is 0 Å². The third-order valence-electron chi connectivity index (χ3n) is 3.16. The zero-order chi connectivity index (χ0) is 13.9. The lowest BCUT2D eigenvalue weighted by molar-refractivity contribution is 0.540. The maximum absolute atomic E-state index is 5.81. The summed E-state index contributed by atoms with van der Waals surface area (Å²) in [6.45, 7) is 1.87. The first-order valence-corrected chi connectivity index (χ1v) is 6.84. The Kier molecular flexibility index (Phi) is 3.52. The van der Waals surface area contributed by atoms with Crippen LogP contribution in [0.25, 0.3) is 22.6 Å². The van der Waals surface area contributed by atoms with E-state index in [0.29, 0.717) is 11.8 Å². The van der Waals surface area contributed by atoms with Crippen LogP contribution in [-0.4, -0.2) is 9.97 Å². The Morgan fingerprint density at radius 2 is 1.55 bits per heavy atom. The molecule has 100 valence electrons. The molecule has 4 heteroatoms. The van der Waals surface area contributed by atoms with Crippen LogP contribution in [0.1, 0.15) is 11.5 Å². The molecule has 2 aromatic heterocycles. The van der Waals surface area contributed by atoms with Crippen molar-refractivity contribution in [2.24, 2.45) is 0 Å². The van der Waals surface area contributed by atoms with E-state index in [0.717, 1.165) is 28.1 Å². The van der Waals surface area contributed by atoms with E-state index in [-0.39, 0.29) is 0 Å². The van der Waals surface area contributed by atoms with Crippen LogP contribution in [0.2, 0.25) is 0 Å². The molecule has 2 heterocycles. The highest BCUT2D eigenvalue weighted by Crippen LogP contribution is 2.26. The number of oxazole rings is 1. The molecule has 0 saturated heterocycles. The van der Waals surface area contributed by atoms with E-state index in [9.17, 15) is 0 Å². The second-order valence-corrected chi connectivity index (χ2v) is 4.74. The number of nitrogens with zero attached hydrogens (tertiary/aromatic N) is 2. The number of rotatable bonds is 3. The second kappa shape index (κ2) is 5.47. The van der Waals surface area contributed by atoms with Crippen molar-refractivity contribution in [1.82, 2.24) is 9.97 Å². The van der Waals surface area contributed by atoms with Crippen molar-refractivity contribution in [2.75, 3.05) is 0 Å². The van der Waals surface area contributed by atoms with Gasteiger partial charge in [0.1, 0.15) is 5.76 Å². The van der Waals surface area contributed by atoms with Gasteiger partial charge in [-0.3, -0.25) is 4.98 Å². The zero-order valence-corrected chi connectivity index (χ0v) is 11.8. The maximum Gasteiger partial charge on any atom is 0.226 e. The first-order valence-electron chi connectivity index (χ1n) is 6.31. The number of hydrogen-bond acceptors (Lipinski definition) is 3. The van der Waals surface area contributed by atoms with Crippen molar-refractivity contribution < 1.29 is 4.42 Å². The summed E-state index contributed by atoms with van der Waals surface area (Å²) in [6, 6.07) is 12.1. The largest absolute Gasteiger partial charge is 0.441 e. The number of halogens is 1. The van der Waals surface area contributed by atoms with Gasteiger partial charge in [0.2, 0.25) is 5.89 Å². The quantitative estimate of drug-likeness (QED) is 0.667. The van der Waals surface area contributed by atoms with Crippen molar-refractivity contribution >= 4 is 11.6 Å². The van der Waals surface area contributed by atoms with Crippen LogP contribution >= 0.6 is 11.6 Å². The average molecular weight is 285 g/mol. The van der Waals surface area contributed by atoms with Gasteiger partial charge in [-0.15, -0.1) is 11.6 Å². The minimum atomic E-state index is 0.366. The molecule has 1 aromatic carbocycles. The molecule has 0 atom stereocenters. The highest BCUT2D eigenvalue weighted by atomic mass is 35.5. The molecular weight excluding hydrogens is 272 g/mol. The van der Waals surface area contributed by atoms with Crippen molar-refractivity contribution in [3.8, 4) is 22.6 Å². The average Bonchev–Trinajstić information content (AvgIpc) is 2.89. The van der Waals surface area contributed by atoms with Crippen molar-refractivity contribution in [1.29, 1.82) is 0 Å². The lowest BCUT2D eigenvalue weighted by atomic mass is 10.1. The summed E-state index contributed by atoms with van der Waals surface area (Å²) in [5.41, 5.74) is 4.01. The van der Waals surface area contributed by atoms with Crippen molar-refractivity contribution in [3.63, 3.8) is 0 Å². The molecule has 0 bridgehead atoms. The van der Waals surface area contributed by atoms with Gasteiger partial charge in [0, 0.05) is 18.0 Å². The van der Waals surface area contributed by atoms with Gasteiger partial charge in [-0.2, -0.15) is 0 Å². The molecule has 0 radical (unpaired) electrons. The van der Waals surface area contributed by atoms with E-state index >= 15 is 0 Å². The Balaban J connectivity index is 1.93. The molecule has 0 aliphatic carbocycles. The number of pyridine rings is 1. The number of benzene rings is 1. The van der Waals surface area contributed by atoms with Crippen LogP contribution in [0.4, 0.5) is 0 Å². The molecule has 3 rings (SSSR count). The fourth-order valence-electron chi connectivity index (χ4n) is 2.03. The summed E-state index contributed by atoms with van der Waals surface area (Å²) in [6.07, 6.45) is 3.57. The Morgan fingerprint density at radius 1 is 0.950 bits per heavy atom. The summed E-state index contributed by atoms with van der Waals surface area (Å²) in [5.74, 6) is 1.75. The van der Waals surface area contributed by atoms with E-state index in [2.05, 4.69) is 9.97 Å². The fourth-order valence-corrected chi connectivity index (χ4v) is 2.27. The van der Waals surface area contributed by atoms with Crippen LogP contribution in [0, 0.1) is 6.92 Å². The van der Waals surface area contributed by atoms with Gasteiger partial charge in [0.05, 0.1) is 11.6 Å². The Morgan fingerprint density at radius 3 is 2.15 bits per heavy atom. The summed E-state index contributed by atoms with van der Waals surface area (Å²) in [5, 5.41) is 0. The van der Waals surface area contributed by atoms with Gasteiger partial charge in [-0.05, 0) is 42.3 Å². The van der Waals surface area contributed by atoms with Crippen LogP contribution in [-0.2, 0) is 5.88 Å². The first kappa shape index (κ1) is 12.9. The van der Waals surface area contributed by atoms with Crippen LogP contribution in [0.5, 0.6) is 0 Å². The molecule has 0 N–H and O–H groups in total. The maximum atomic E-state index is 5.81. The molecule has 0 unspecified atom stereocenters. The lowest BCUT2D eigenvalue weighted by Gasteiger charge is -2.01. The normalized spacial score (nSPS) is 10.7. The highest BCUT2D eigenvalue weighted by Gasteiger charge is 2.10. The summed E-state index contributed by atoms with van der Waals surface area (Å²) in [7, 11) is 0. The Hall–Kier alpha value is -2.13. The van der Waals surface area contributed by atoms with E-state index in [4.69, 9.17) is 16.0 Å². The van der Waals surface area contributed by atoms with Gasteiger partial charge >= 0.3 is 0 Å². The van der Waals surface area contributed by atoms with Crippen LogP contribution < -0.4 is 0 Å². The van der Waals surface area contributed by atoms with E-state index < -0.39 is 0 Å². The van der Waals surface area contributed by atoms with E-state index in [1.165, 1.54) is 0 Å². The number of aromatic nitrogens is 2. The topological polar surface area (TPSA) is 38.9 Å². The van der Waals surface area contributed by atoms with Gasteiger partial charge in [-0.25, -0.2) is 4.98 Å². The number of alkyl halides is 1. The Bertz CT molecular complexity index is 705. The van der Waals surface area contributed by atoms with Gasteiger partial charge in [0.15, 0.2) is 0 Å². The first-order chi connectivity index (χ1) is 9.78. The second-order valence-electron chi connectivity index (χ2n) is 4.47. The summed E-state index contributed by atoms with van der Waals surface area (Å²) >= 11 is 5.81. The third kappa shape index (κ3) is 2.45. The molecule has 20 heavy (non-hydrogen) atoms. The van der Waals surface area contributed by atoms with Crippen LogP contribution in [0.15, 0.2) is 53.2 Å². The smallest absolute Gasteiger partial charge is 0.226 e. The molecule has 0 amide bonds.